The van der Waals surface area contributed by atoms with Crippen LogP contribution in [0.25, 0.3) is 0 Å². The van der Waals surface area contributed by atoms with E-state index in [0.29, 0.717) is 18.0 Å². The monoisotopic (exact) mass is 318 g/mol. The Morgan fingerprint density at radius 1 is 1.22 bits per heavy atom. The maximum absolute atomic E-state index is 12.4. The molecule has 5 nitrogen and oxygen atoms in total. The van der Waals surface area contributed by atoms with Gasteiger partial charge in [0.2, 0.25) is 5.91 Å². The number of piperazine rings is 1. The molecular weight excluding hydrogens is 292 g/mol. The molecule has 5 heteroatoms. The van der Waals surface area contributed by atoms with Crippen LogP contribution < -0.4 is 4.90 Å². The fourth-order valence-electron chi connectivity index (χ4n) is 3.60. The van der Waals surface area contributed by atoms with Gasteiger partial charge in [0.05, 0.1) is 6.54 Å². The van der Waals surface area contributed by atoms with Crippen molar-refractivity contribution in [3.8, 4) is 0 Å². The topological polar surface area (TPSA) is 60.9 Å². The first kappa shape index (κ1) is 17.5. The molecule has 1 aromatic carbocycles. The minimum absolute atomic E-state index is 0.243. The third-order valence-electron chi connectivity index (χ3n) is 4.78. The van der Waals surface area contributed by atoms with E-state index in [1.54, 1.807) is 0 Å². The molecule has 0 radical (unpaired) electrons. The fourth-order valence-corrected chi connectivity index (χ4v) is 3.60. The zero-order chi connectivity index (χ0) is 16.9. The summed E-state index contributed by atoms with van der Waals surface area (Å²) in [5.74, 6) is 0.243. The number of amides is 1. The van der Waals surface area contributed by atoms with Crippen molar-refractivity contribution < 1.29 is 14.7 Å². The standard InChI is InChI=1S/C17H24N2O.CH2O2/c1-17(2)9-8-15(12-17)18-10-11-19(16(20)13-18)14-6-4-3-5-7-14;2-1-3/h3-7,15H,8-13H2,1-2H3;1H,(H,2,3). The molecule has 1 N–H and O–H groups in total. The molecule has 1 atom stereocenters. The molecule has 0 bridgehead atoms. The molecule has 1 saturated carbocycles. The highest BCUT2D eigenvalue weighted by Crippen LogP contribution is 2.39. The summed E-state index contributed by atoms with van der Waals surface area (Å²) in [5.41, 5.74) is 1.48. The average molecular weight is 318 g/mol. The number of hydrogen-bond donors (Lipinski definition) is 1. The van der Waals surface area contributed by atoms with Gasteiger partial charge in [-0.25, -0.2) is 0 Å². The Labute approximate surface area is 137 Å². The van der Waals surface area contributed by atoms with Crippen molar-refractivity contribution >= 4 is 18.1 Å². The summed E-state index contributed by atoms with van der Waals surface area (Å²) in [5, 5.41) is 6.89. The zero-order valence-electron chi connectivity index (χ0n) is 13.9. The van der Waals surface area contributed by atoms with Crippen molar-refractivity contribution in [3.05, 3.63) is 30.3 Å². The van der Waals surface area contributed by atoms with Crippen LogP contribution in [0.3, 0.4) is 0 Å². The van der Waals surface area contributed by atoms with Crippen molar-refractivity contribution in [3.63, 3.8) is 0 Å². The number of anilines is 1. The molecule has 1 aliphatic heterocycles. The van der Waals surface area contributed by atoms with Gasteiger partial charge in [-0.3, -0.25) is 14.5 Å². The quantitative estimate of drug-likeness (QED) is 0.852. The minimum atomic E-state index is -0.250. The summed E-state index contributed by atoms with van der Waals surface area (Å²) in [6, 6.07) is 10.6. The van der Waals surface area contributed by atoms with Gasteiger partial charge in [-0.15, -0.1) is 0 Å². The molecular formula is C18H26N2O3. The van der Waals surface area contributed by atoms with E-state index in [1.807, 2.05) is 35.2 Å². The van der Waals surface area contributed by atoms with Crippen molar-refractivity contribution in [1.82, 2.24) is 4.90 Å². The Kier molecular flexibility index (Phi) is 5.77. The highest BCUT2D eigenvalue weighted by molar-refractivity contribution is 5.95. The molecule has 1 heterocycles. The molecule has 1 unspecified atom stereocenters. The van der Waals surface area contributed by atoms with Gasteiger partial charge in [-0.05, 0) is 36.8 Å². The lowest BCUT2D eigenvalue weighted by Gasteiger charge is -2.38. The molecule has 1 aromatic rings. The molecule has 1 amide bonds. The van der Waals surface area contributed by atoms with Gasteiger partial charge < -0.3 is 10.0 Å². The summed E-state index contributed by atoms with van der Waals surface area (Å²) in [6.07, 6.45) is 3.75. The molecule has 126 valence electrons. The lowest BCUT2D eigenvalue weighted by Crippen LogP contribution is -2.53. The number of rotatable bonds is 2. The third kappa shape index (κ3) is 4.55. The first-order valence-electron chi connectivity index (χ1n) is 8.14. The van der Waals surface area contributed by atoms with E-state index in [9.17, 15) is 4.79 Å². The van der Waals surface area contributed by atoms with Crippen LogP contribution in [0.15, 0.2) is 30.3 Å². The van der Waals surface area contributed by atoms with Crippen molar-refractivity contribution in [2.45, 2.75) is 39.2 Å². The number of carbonyl (C=O) groups is 2. The number of benzene rings is 1. The number of carboxylic acid groups (broad SMARTS) is 1. The number of carbonyl (C=O) groups excluding carboxylic acids is 1. The van der Waals surface area contributed by atoms with Crippen LogP contribution in [0.5, 0.6) is 0 Å². The van der Waals surface area contributed by atoms with E-state index in [2.05, 4.69) is 18.7 Å². The predicted octanol–water partition coefficient (Wildman–Crippen LogP) is 2.61. The Bertz CT molecular complexity index is 530. The van der Waals surface area contributed by atoms with Gasteiger partial charge in [0.15, 0.2) is 0 Å². The lowest BCUT2D eigenvalue weighted by molar-refractivity contribution is -0.123. The second kappa shape index (κ2) is 7.59. The average Bonchev–Trinajstić information content (AvgIpc) is 2.89. The molecule has 23 heavy (non-hydrogen) atoms. The van der Waals surface area contributed by atoms with E-state index in [-0.39, 0.29) is 12.4 Å². The Hall–Kier alpha value is -1.88. The highest BCUT2D eigenvalue weighted by atomic mass is 16.3. The van der Waals surface area contributed by atoms with Crippen LogP contribution in [-0.2, 0) is 9.59 Å². The molecule has 2 aliphatic rings. The second-order valence-corrected chi connectivity index (χ2v) is 7.02. The van der Waals surface area contributed by atoms with E-state index in [0.717, 1.165) is 18.8 Å². The van der Waals surface area contributed by atoms with Gasteiger partial charge in [0, 0.05) is 24.8 Å². The van der Waals surface area contributed by atoms with Crippen LogP contribution >= 0.6 is 0 Å². The smallest absolute Gasteiger partial charge is 0.290 e. The van der Waals surface area contributed by atoms with Crippen LogP contribution in [0.4, 0.5) is 5.69 Å². The van der Waals surface area contributed by atoms with E-state index in [4.69, 9.17) is 9.90 Å². The van der Waals surface area contributed by atoms with Crippen molar-refractivity contribution in [2.24, 2.45) is 5.41 Å². The van der Waals surface area contributed by atoms with Crippen molar-refractivity contribution in [2.75, 3.05) is 24.5 Å². The number of nitrogens with zero attached hydrogens (tertiary/aromatic N) is 2. The molecule has 3 rings (SSSR count). The lowest BCUT2D eigenvalue weighted by atomic mass is 9.91. The summed E-state index contributed by atoms with van der Waals surface area (Å²) in [7, 11) is 0. The first-order valence-corrected chi connectivity index (χ1v) is 8.14. The SMILES string of the molecule is CC1(C)CCC(N2CCN(c3ccccc3)C(=O)C2)C1.O=CO. The second-order valence-electron chi connectivity index (χ2n) is 7.02. The molecule has 0 spiro atoms. The summed E-state index contributed by atoms with van der Waals surface area (Å²) in [4.78, 5) is 25.1. The molecule has 1 aliphatic carbocycles. The summed E-state index contributed by atoms with van der Waals surface area (Å²) in [6.45, 7) is 6.83. The highest BCUT2D eigenvalue weighted by Gasteiger charge is 2.37. The van der Waals surface area contributed by atoms with Crippen molar-refractivity contribution in [1.29, 1.82) is 0 Å². The van der Waals surface area contributed by atoms with Crippen LogP contribution in [0, 0.1) is 5.41 Å². The molecule has 1 saturated heterocycles. The maximum Gasteiger partial charge on any atom is 0.290 e. The van der Waals surface area contributed by atoms with Gasteiger partial charge in [0.1, 0.15) is 0 Å². The summed E-state index contributed by atoms with van der Waals surface area (Å²) >= 11 is 0. The van der Waals surface area contributed by atoms with Gasteiger partial charge >= 0.3 is 0 Å². The normalized spacial score (nSPS) is 24.0. The predicted molar refractivity (Wildman–Crippen MR) is 90.5 cm³/mol. The third-order valence-corrected chi connectivity index (χ3v) is 4.78. The van der Waals surface area contributed by atoms with E-state index in [1.165, 1.54) is 19.3 Å². The van der Waals surface area contributed by atoms with Gasteiger partial charge in [-0.1, -0.05) is 32.0 Å². The summed E-state index contributed by atoms with van der Waals surface area (Å²) < 4.78 is 0. The van der Waals surface area contributed by atoms with Crippen LogP contribution in [-0.4, -0.2) is 48.1 Å². The first-order chi connectivity index (χ1) is 11.0. The number of hydrogen-bond acceptors (Lipinski definition) is 3. The Morgan fingerprint density at radius 2 is 1.87 bits per heavy atom. The maximum atomic E-state index is 12.4. The largest absolute Gasteiger partial charge is 0.483 e. The Balaban J connectivity index is 0.000000595. The molecule has 2 fully saturated rings. The van der Waals surface area contributed by atoms with Gasteiger partial charge in [0.25, 0.3) is 6.47 Å². The Morgan fingerprint density at radius 3 is 2.39 bits per heavy atom. The van der Waals surface area contributed by atoms with Gasteiger partial charge in [-0.2, -0.15) is 0 Å². The molecule has 0 aromatic heterocycles. The fraction of sp³-hybridized carbons (Fsp3) is 0.556. The zero-order valence-corrected chi connectivity index (χ0v) is 13.9. The van der Waals surface area contributed by atoms with Crippen LogP contribution in [0.2, 0.25) is 0 Å². The van der Waals surface area contributed by atoms with E-state index < -0.39 is 0 Å². The minimum Gasteiger partial charge on any atom is -0.483 e. The van der Waals surface area contributed by atoms with Crippen LogP contribution in [0.1, 0.15) is 33.1 Å². The van der Waals surface area contributed by atoms with E-state index >= 15 is 0 Å². The number of para-hydroxylation sites is 1.